The number of rotatable bonds is 2. The lowest BCUT2D eigenvalue weighted by Crippen LogP contribution is -2.06. The Morgan fingerprint density at radius 1 is 1.14 bits per heavy atom. The molecule has 0 unspecified atom stereocenters. The molecule has 0 bridgehead atoms. The lowest BCUT2D eigenvalue weighted by molar-refractivity contribution is 0.415. The van der Waals surface area contributed by atoms with Crippen molar-refractivity contribution in [1.82, 2.24) is 4.98 Å². The number of benzene rings is 2. The number of halogens is 2. The second-order valence-corrected chi connectivity index (χ2v) is 5.42. The van der Waals surface area contributed by atoms with Gasteiger partial charge in [-0.25, -0.2) is 0 Å². The second kappa shape index (κ2) is 5.43. The number of H-pyrrole nitrogens is 1. The van der Waals surface area contributed by atoms with Crippen LogP contribution in [0.25, 0.3) is 22.0 Å². The van der Waals surface area contributed by atoms with E-state index in [2.05, 4.69) is 4.98 Å². The minimum atomic E-state index is -0.124. The Morgan fingerprint density at radius 3 is 2.71 bits per heavy atom. The number of pyridine rings is 1. The molecule has 0 saturated heterocycles. The third-order valence-corrected chi connectivity index (χ3v) is 3.80. The number of aromatic nitrogens is 1. The van der Waals surface area contributed by atoms with Gasteiger partial charge in [-0.3, -0.25) is 4.79 Å². The first-order valence-electron chi connectivity index (χ1n) is 6.25. The zero-order valence-corrected chi connectivity index (χ0v) is 12.6. The maximum atomic E-state index is 12.7. The van der Waals surface area contributed by atoms with Crippen LogP contribution in [0.3, 0.4) is 0 Å². The van der Waals surface area contributed by atoms with E-state index in [9.17, 15) is 4.79 Å². The molecule has 0 atom stereocenters. The molecule has 1 aromatic heterocycles. The van der Waals surface area contributed by atoms with Crippen molar-refractivity contribution in [2.45, 2.75) is 0 Å². The van der Waals surface area contributed by atoms with E-state index in [0.717, 1.165) is 5.56 Å². The SMILES string of the molecule is COc1cccc(-c2c[nH]c3c(Cl)cc(Cl)cc3c2=O)c1. The molecule has 0 saturated carbocycles. The highest BCUT2D eigenvalue weighted by Crippen LogP contribution is 2.27. The van der Waals surface area contributed by atoms with E-state index in [1.165, 1.54) is 0 Å². The summed E-state index contributed by atoms with van der Waals surface area (Å²) >= 11 is 12.1. The Balaban J connectivity index is 2.29. The Hall–Kier alpha value is -1.97. The van der Waals surface area contributed by atoms with Gasteiger partial charge in [0.15, 0.2) is 5.43 Å². The summed E-state index contributed by atoms with van der Waals surface area (Å²) in [5, 5.41) is 1.32. The monoisotopic (exact) mass is 319 g/mol. The van der Waals surface area contributed by atoms with E-state index >= 15 is 0 Å². The van der Waals surface area contributed by atoms with Crippen LogP contribution in [0, 0.1) is 0 Å². The van der Waals surface area contributed by atoms with Gasteiger partial charge in [0.1, 0.15) is 5.75 Å². The molecule has 0 spiro atoms. The minimum absolute atomic E-state index is 0.124. The molecule has 0 radical (unpaired) electrons. The van der Waals surface area contributed by atoms with Gasteiger partial charge in [-0.1, -0.05) is 35.3 Å². The number of aromatic amines is 1. The standard InChI is InChI=1S/C16H11Cl2NO2/c1-21-11-4-2-3-9(5-11)13-8-19-15-12(16(13)20)6-10(17)7-14(15)18/h2-8H,1H3,(H,19,20). The highest BCUT2D eigenvalue weighted by molar-refractivity contribution is 6.38. The van der Waals surface area contributed by atoms with Crippen LogP contribution in [0.4, 0.5) is 0 Å². The molecular weight excluding hydrogens is 309 g/mol. The molecule has 0 fully saturated rings. The van der Waals surface area contributed by atoms with Crippen molar-refractivity contribution in [2.75, 3.05) is 7.11 Å². The first-order valence-corrected chi connectivity index (χ1v) is 7.00. The molecule has 21 heavy (non-hydrogen) atoms. The Morgan fingerprint density at radius 2 is 1.95 bits per heavy atom. The summed E-state index contributed by atoms with van der Waals surface area (Å²) in [6.07, 6.45) is 1.65. The zero-order chi connectivity index (χ0) is 15.0. The molecule has 1 N–H and O–H groups in total. The highest BCUT2D eigenvalue weighted by atomic mass is 35.5. The molecule has 0 amide bonds. The van der Waals surface area contributed by atoms with Crippen molar-refractivity contribution in [2.24, 2.45) is 0 Å². The van der Waals surface area contributed by atoms with Crippen molar-refractivity contribution in [3.8, 4) is 16.9 Å². The van der Waals surface area contributed by atoms with E-state index in [-0.39, 0.29) is 5.43 Å². The molecule has 3 rings (SSSR count). The van der Waals surface area contributed by atoms with Crippen molar-refractivity contribution in [1.29, 1.82) is 0 Å². The summed E-state index contributed by atoms with van der Waals surface area (Å²) in [5.74, 6) is 0.691. The smallest absolute Gasteiger partial charge is 0.197 e. The summed E-state index contributed by atoms with van der Waals surface area (Å²) in [7, 11) is 1.59. The molecule has 3 aromatic rings. The number of fused-ring (bicyclic) bond motifs is 1. The molecule has 106 valence electrons. The fraction of sp³-hybridized carbons (Fsp3) is 0.0625. The minimum Gasteiger partial charge on any atom is -0.497 e. The van der Waals surface area contributed by atoms with Gasteiger partial charge in [-0.2, -0.15) is 0 Å². The first-order chi connectivity index (χ1) is 10.1. The van der Waals surface area contributed by atoms with Gasteiger partial charge in [0.25, 0.3) is 0 Å². The van der Waals surface area contributed by atoms with Gasteiger partial charge in [0.2, 0.25) is 0 Å². The van der Waals surface area contributed by atoms with E-state index in [1.54, 1.807) is 25.4 Å². The fourth-order valence-corrected chi connectivity index (χ4v) is 2.81. The van der Waals surface area contributed by atoms with Crippen molar-refractivity contribution in [3.05, 3.63) is 62.9 Å². The molecule has 0 aliphatic heterocycles. The lowest BCUT2D eigenvalue weighted by atomic mass is 10.0. The maximum absolute atomic E-state index is 12.7. The third-order valence-electron chi connectivity index (χ3n) is 3.29. The summed E-state index contributed by atoms with van der Waals surface area (Å²) in [6, 6.07) is 10.5. The van der Waals surface area contributed by atoms with Gasteiger partial charge >= 0.3 is 0 Å². The fourth-order valence-electron chi connectivity index (χ4n) is 2.26. The Kier molecular flexibility index (Phi) is 3.62. The lowest BCUT2D eigenvalue weighted by Gasteiger charge is -2.07. The molecule has 5 heteroatoms. The van der Waals surface area contributed by atoms with Crippen LogP contribution in [-0.4, -0.2) is 12.1 Å². The summed E-state index contributed by atoms with van der Waals surface area (Å²) < 4.78 is 5.19. The van der Waals surface area contributed by atoms with E-state index < -0.39 is 0 Å². The van der Waals surface area contributed by atoms with Gasteiger partial charge in [0.05, 0.1) is 17.6 Å². The van der Waals surface area contributed by atoms with E-state index in [1.807, 2.05) is 24.3 Å². The summed E-state index contributed by atoms with van der Waals surface area (Å²) in [4.78, 5) is 15.7. The van der Waals surface area contributed by atoms with Crippen LogP contribution in [-0.2, 0) is 0 Å². The highest BCUT2D eigenvalue weighted by Gasteiger charge is 2.11. The molecular formula is C16H11Cl2NO2. The largest absolute Gasteiger partial charge is 0.497 e. The Labute approximate surface area is 131 Å². The number of ether oxygens (including phenoxy) is 1. The van der Waals surface area contributed by atoms with Crippen LogP contribution < -0.4 is 10.2 Å². The van der Waals surface area contributed by atoms with Crippen molar-refractivity contribution in [3.63, 3.8) is 0 Å². The third kappa shape index (κ3) is 2.50. The number of methoxy groups -OCH3 is 1. The van der Waals surface area contributed by atoms with E-state index in [0.29, 0.717) is 32.3 Å². The molecule has 0 aliphatic rings. The number of nitrogens with one attached hydrogen (secondary N) is 1. The second-order valence-electron chi connectivity index (χ2n) is 4.57. The summed E-state index contributed by atoms with van der Waals surface area (Å²) in [5.41, 5.74) is 1.77. The number of hydrogen-bond acceptors (Lipinski definition) is 2. The average Bonchev–Trinajstić information content (AvgIpc) is 2.48. The molecule has 3 nitrogen and oxygen atoms in total. The summed E-state index contributed by atoms with van der Waals surface area (Å²) in [6.45, 7) is 0. The molecule has 1 heterocycles. The van der Waals surface area contributed by atoms with Crippen LogP contribution in [0.5, 0.6) is 5.75 Å². The zero-order valence-electron chi connectivity index (χ0n) is 11.1. The first kappa shape index (κ1) is 14.0. The van der Waals surface area contributed by atoms with Crippen molar-refractivity contribution < 1.29 is 4.74 Å². The van der Waals surface area contributed by atoms with E-state index in [4.69, 9.17) is 27.9 Å². The molecule has 2 aromatic carbocycles. The quantitative estimate of drug-likeness (QED) is 0.755. The van der Waals surface area contributed by atoms with Gasteiger partial charge in [-0.05, 0) is 29.8 Å². The van der Waals surface area contributed by atoms with Crippen molar-refractivity contribution >= 4 is 34.1 Å². The normalized spacial score (nSPS) is 10.8. The van der Waals surface area contributed by atoms with Crippen LogP contribution in [0.2, 0.25) is 10.0 Å². The predicted molar refractivity (Wildman–Crippen MR) is 86.6 cm³/mol. The van der Waals surface area contributed by atoms with Crippen LogP contribution in [0.15, 0.2) is 47.4 Å². The Bertz CT molecular complexity index is 887. The maximum Gasteiger partial charge on any atom is 0.197 e. The van der Waals surface area contributed by atoms with Gasteiger partial charge < -0.3 is 9.72 Å². The topological polar surface area (TPSA) is 42.1 Å². The predicted octanol–water partition coefficient (Wildman–Crippen LogP) is 4.51. The van der Waals surface area contributed by atoms with Gasteiger partial charge in [0, 0.05) is 22.2 Å². The molecule has 0 aliphatic carbocycles. The van der Waals surface area contributed by atoms with Crippen LogP contribution >= 0.6 is 23.2 Å². The van der Waals surface area contributed by atoms with Crippen LogP contribution in [0.1, 0.15) is 0 Å². The number of hydrogen-bond donors (Lipinski definition) is 1. The average molecular weight is 320 g/mol. The van der Waals surface area contributed by atoms with Gasteiger partial charge in [-0.15, -0.1) is 0 Å².